The van der Waals surface area contributed by atoms with E-state index in [4.69, 9.17) is 4.74 Å². The maximum absolute atomic E-state index is 12.1. The predicted molar refractivity (Wildman–Crippen MR) is 83.4 cm³/mol. The van der Waals surface area contributed by atoms with Crippen molar-refractivity contribution in [2.24, 2.45) is 0 Å². The normalized spacial score (nSPS) is 21.3. The van der Waals surface area contributed by atoms with Gasteiger partial charge in [0.25, 0.3) is 0 Å². The molecule has 1 amide bonds. The van der Waals surface area contributed by atoms with Crippen molar-refractivity contribution < 1.29 is 9.53 Å². The zero-order valence-electron chi connectivity index (χ0n) is 13.9. The molecule has 0 radical (unpaired) electrons. The molecule has 7 nitrogen and oxygen atoms in total. The Morgan fingerprint density at radius 2 is 2.23 bits per heavy atom. The molecule has 0 aliphatic carbocycles. The van der Waals surface area contributed by atoms with Gasteiger partial charge in [-0.1, -0.05) is 0 Å². The number of nitrogens with one attached hydrogen (secondary N) is 2. The zero-order valence-corrected chi connectivity index (χ0v) is 13.9. The molecule has 22 heavy (non-hydrogen) atoms. The molecule has 1 aromatic rings. The number of nitrogens with zero attached hydrogens (tertiary/aromatic N) is 3. The van der Waals surface area contributed by atoms with Crippen molar-refractivity contribution in [3.05, 3.63) is 12.2 Å². The van der Waals surface area contributed by atoms with Crippen LogP contribution >= 0.6 is 0 Å². The van der Waals surface area contributed by atoms with E-state index in [1.807, 2.05) is 25.7 Å². The van der Waals surface area contributed by atoms with E-state index in [-0.39, 0.29) is 12.1 Å². The molecular formula is C15H27N5O2. The summed E-state index contributed by atoms with van der Waals surface area (Å²) in [7, 11) is 0. The molecule has 0 spiro atoms. The van der Waals surface area contributed by atoms with Crippen LogP contribution in [0.5, 0.6) is 0 Å². The van der Waals surface area contributed by atoms with Crippen LogP contribution in [0.3, 0.4) is 0 Å². The number of hydrogen-bond donors (Lipinski definition) is 2. The first-order chi connectivity index (χ1) is 10.3. The van der Waals surface area contributed by atoms with Crippen LogP contribution in [0.1, 0.15) is 58.8 Å². The monoisotopic (exact) mass is 309 g/mol. The highest BCUT2D eigenvalue weighted by atomic mass is 16.6. The average molecular weight is 309 g/mol. The molecular weight excluding hydrogens is 282 g/mol. The third kappa shape index (κ3) is 4.98. The summed E-state index contributed by atoms with van der Waals surface area (Å²) in [6, 6.07) is 0.494. The Hall–Kier alpha value is -1.63. The first kappa shape index (κ1) is 16.7. The molecule has 2 atom stereocenters. The molecule has 7 heteroatoms. The number of carbonyl (C=O) groups excluding carboxylic acids is 1. The summed E-state index contributed by atoms with van der Waals surface area (Å²) >= 11 is 0. The molecule has 2 heterocycles. The highest BCUT2D eigenvalue weighted by molar-refractivity contribution is 5.68. The maximum Gasteiger partial charge on any atom is 0.410 e. The lowest BCUT2D eigenvalue weighted by molar-refractivity contribution is 0.0256. The standard InChI is InChI=1S/C15H27N5O2/c1-11(13-16-10-17-19-13)18-12-6-5-8-20(9-7-12)14(21)22-15(2,3)4/h10-12,18H,5-9H2,1-4H3,(H,16,17,19). The highest BCUT2D eigenvalue weighted by Crippen LogP contribution is 2.17. The minimum absolute atomic E-state index is 0.126. The lowest BCUT2D eigenvalue weighted by Gasteiger charge is -2.26. The minimum atomic E-state index is -0.443. The summed E-state index contributed by atoms with van der Waals surface area (Å²) in [4.78, 5) is 18.1. The van der Waals surface area contributed by atoms with Gasteiger partial charge in [-0.2, -0.15) is 5.10 Å². The first-order valence-corrected chi connectivity index (χ1v) is 7.94. The van der Waals surface area contributed by atoms with E-state index in [0.29, 0.717) is 6.04 Å². The Kier molecular flexibility index (Phi) is 5.39. The molecule has 124 valence electrons. The van der Waals surface area contributed by atoms with Crippen molar-refractivity contribution in [2.75, 3.05) is 13.1 Å². The number of aromatic amines is 1. The van der Waals surface area contributed by atoms with Gasteiger partial charge in [-0.25, -0.2) is 9.78 Å². The zero-order chi connectivity index (χ0) is 16.2. The first-order valence-electron chi connectivity index (χ1n) is 7.94. The molecule has 1 saturated heterocycles. The topological polar surface area (TPSA) is 83.1 Å². The maximum atomic E-state index is 12.1. The molecule has 0 aromatic carbocycles. The quantitative estimate of drug-likeness (QED) is 0.894. The molecule has 1 fully saturated rings. The van der Waals surface area contributed by atoms with E-state index in [1.54, 1.807) is 0 Å². The van der Waals surface area contributed by atoms with Gasteiger partial charge >= 0.3 is 6.09 Å². The van der Waals surface area contributed by atoms with Crippen molar-refractivity contribution >= 4 is 6.09 Å². The Morgan fingerprint density at radius 1 is 1.45 bits per heavy atom. The second-order valence-electron chi connectivity index (χ2n) is 6.85. The van der Waals surface area contributed by atoms with Crippen LogP contribution in [0.25, 0.3) is 0 Å². The van der Waals surface area contributed by atoms with Crippen molar-refractivity contribution in [1.29, 1.82) is 0 Å². The number of hydrogen-bond acceptors (Lipinski definition) is 5. The van der Waals surface area contributed by atoms with Gasteiger partial charge in [0.05, 0.1) is 6.04 Å². The number of aromatic nitrogens is 3. The summed E-state index contributed by atoms with van der Waals surface area (Å²) in [6.45, 7) is 9.22. The lowest BCUT2D eigenvalue weighted by atomic mass is 10.1. The van der Waals surface area contributed by atoms with Crippen LogP contribution in [-0.4, -0.2) is 50.9 Å². The molecule has 1 aliphatic heterocycles. The molecule has 2 N–H and O–H groups in total. The number of amides is 1. The van der Waals surface area contributed by atoms with Crippen LogP contribution in [0.15, 0.2) is 6.33 Å². The van der Waals surface area contributed by atoms with Gasteiger partial charge in [0, 0.05) is 19.1 Å². The SMILES string of the molecule is CC(NC1CCCN(C(=O)OC(C)(C)C)CC1)c1ncn[nH]1. The van der Waals surface area contributed by atoms with Gasteiger partial charge in [0.2, 0.25) is 0 Å². The largest absolute Gasteiger partial charge is 0.444 e. The average Bonchev–Trinajstić information content (AvgIpc) is 2.84. The van der Waals surface area contributed by atoms with Gasteiger partial charge in [0.15, 0.2) is 0 Å². The minimum Gasteiger partial charge on any atom is -0.444 e. The van der Waals surface area contributed by atoms with Crippen molar-refractivity contribution in [2.45, 2.75) is 64.6 Å². The van der Waals surface area contributed by atoms with E-state index in [0.717, 1.165) is 38.2 Å². The van der Waals surface area contributed by atoms with Crippen molar-refractivity contribution in [3.8, 4) is 0 Å². The number of ether oxygens (including phenoxy) is 1. The van der Waals surface area contributed by atoms with E-state index in [9.17, 15) is 4.79 Å². The molecule has 1 aliphatic rings. The predicted octanol–water partition coefficient (Wildman–Crippen LogP) is 2.24. The van der Waals surface area contributed by atoms with Crippen LogP contribution in [0.2, 0.25) is 0 Å². The van der Waals surface area contributed by atoms with Crippen LogP contribution < -0.4 is 5.32 Å². The Balaban J connectivity index is 1.83. The van der Waals surface area contributed by atoms with Gasteiger partial charge in [-0.05, 0) is 47.0 Å². The van der Waals surface area contributed by atoms with Gasteiger partial charge in [-0.15, -0.1) is 0 Å². The molecule has 2 unspecified atom stereocenters. The second kappa shape index (κ2) is 7.09. The number of carbonyl (C=O) groups is 1. The molecule has 1 aromatic heterocycles. The van der Waals surface area contributed by atoms with Gasteiger partial charge in [-0.3, -0.25) is 5.10 Å². The number of likely N-dealkylation sites (tertiary alicyclic amines) is 1. The second-order valence-corrected chi connectivity index (χ2v) is 6.85. The fourth-order valence-corrected chi connectivity index (χ4v) is 2.63. The molecule has 0 bridgehead atoms. The van der Waals surface area contributed by atoms with Gasteiger partial charge in [0.1, 0.15) is 17.8 Å². The Morgan fingerprint density at radius 3 is 2.86 bits per heavy atom. The summed E-state index contributed by atoms with van der Waals surface area (Å²) in [5, 5.41) is 10.3. The van der Waals surface area contributed by atoms with E-state index >= 15 is 0 Å². The Labute approximate surface area is 131 Å². The van der Waals surface area contributed by atoms with E-state index < -0.39 is 5.60 Å². The number of rotatable bonds is 3. The highest BCUT2D eigenvalue weighted by Gasteiger charge is 2.26. The van der Waals surface area contributed by atoms with E-state index in [1.165, 1.54) is 6.33 Å². The smallest absolute Gasteiger partial charge is 0.410 e. The van der Waals surface area contributed by atoms with Crippen LogP contribution in [0.4, 0.5) is 4.79 Å². The summed E-state index contributed by atoms with van der Waals surface area (Å²) < 4.78 is 5.45. The van der Waals surface area contributed by atoms with Gasteiger partial charge < -0.3 is 15.0 Å². The lowest BCUT2D eigenvalue weighted by Crippen LogP contribution is -2.38. The number of H-pyrrole nitrogens is 1. The molecule has 0 saturated carbocycles. The van der Waals surface area contributed by atoms with Crippen molar-refractivity contribution in [1.82, 2.24) is 25.4 Å². The Bertz CT molecular complexity index is 469. The third-order valence-electron chi connectivity index (χ3n) is 3.71. The summed E-state index contributed by atoms with van der Waals surface area (Å²) in [6.07, 6.45) is 4.23. The van der Waals surface area contributed by atoms with Crippen LogP contribution in [0, 0.1) is 0 Å². The summed E-state index contributed by atoms with van der Waals surface area (Å²) in [5.74, 6) is 0.841. The molecule has 2 rings (SSSR count). The fourth-order valence-electron chi connectivity index (χ4n) is 2.63. The summed E-state index contributed by atoms with van der Waals surface area (Å²) in [5.41, 5.74) is -0.443. The van der Waals surface area contributed by atoms with Crippen molar-refractivity contribution in [3.63, 3.8) is 0 Å². The fraction of sp³-hybridized carbons (Fsp3) is 0.800. The van der Waals surface area contributed by atoms with Crippen LogP contribution in [-0.2, 0) is 4.74 Å². The third-order valence-corrected chi connectivity index (χ3v) is 3.71. The van der Waals surface area contributed by atoms with E-state index in [2.05, 4.69) is 27.4 Å².